The Bertz CT molecular complexity index is 667. The third kappa shape index (κ3) is 2.34. The van der Waals surface area contributed by atoms with Crippen LogP contribution >= 0.6 is 15.9 Å². The average molecular weight is 335 g/mol. The van der Waals surface area contributed by atoms with E-state index in [1.807, 2.05) is 24.3 Å². The van der Waals surface area contributed by atoms with Gasteiger partial charge in [0.15, 0.2) is 5.76 Å². The highest BCUT2D eigenvalue weighted by molar-refractivity contribution is 9.10. The maximum atomic E-state index is 11.7. The molecule has 1 atom stereocenters. The minimum atomic E-state index is -0.656. The molecule has 0 aliphatic carbocycles. The monoisotopic (exact) mass is 334 g/mol. The van der Waals surface area contributed by atoms with Gasteiger partial charge in [-0.15, -0.1) is 5.10 Å². The number of benzene rings is 1. The van der Waals surface area contributed by atoms with Crippen molar-refractivity contribution in [2.45, 2.75) is 13.2 Å². The topological polar surface area (TPSA) is 55.0 Å². The largest absolute Gasteiger partial charge is 0.463 e. The summed E-state index contributed by atoms with van der Waals surface area (Å²) >= 11 is 3.40. The van der Waals surface area contributed by atoms with Crippen molar-refractivity contribution in [1.29, 1.82) is 0 Å². The Hall–Kier alpha value is -2.08. The van der Waals surface area contributed by atoms with Crippen LogP contribution in [0.1, 0.15) is 24.5 Å². The van der Waals surface area contributed by atoms with Gasteiger partial charge in [-0.3, -0.25) is 4.79 Å². The third-order valence-electron chi connectivity index (χ3n) is 2.82. The van der Waals surface area contributed by atoms with Gasteiger partial charge in [0.25, 0.3) is 6.23 Å². The Morgan fingerprint density at radius 1 is 1.35 bits per heavy atom. The lowest BCUT2D eigenvalue weighted by Gasteiger charge is -2.16. The fourth-order valence-electron chi connectivity index (χ4n) is 1.92. The van der Waals surface area contributed by atoms with Crippen LogP contribution in [0.4, 0.5) is 0 Å². The number of ether oxygens (including phenoxy) is 1. The van der Waals surface area contributed by atoms with Crippen molar-refractivity contribution < 1.29 is 13.9 Å². The van der Waals surface area contributed by atoms with E-state index in [9.17, 15) is 4.79 Å². The number of furan rings is 1. The molecule has 3 rings (SSSR count). The summed E-state index contributed by atoms with van der Waals surface area (Å²) in [4.78, 5) is 11.7. The summed E-state index contributed by atoms with van der Waals surface area (Å²) in [7, 11) is 0. The van der Waals surface area contributed by atoms with Crippen molar-refractivity contribution in [3.63, 3.8) is 0 Å². The van der Waals surface area contributed by atoms with Gasteiger partial charge in [-0.1, -0.05) is 22.0 Å². The number of carbonyl (C=O) groups excluding carboxylic acids is 1. The molecule has 0 unspecified atom stereocenters. The molecule has 1 aliphatic rings. The van der Waals surface area contributed by atoms with Crippen molar-refractivity contribution >= 4 is 27.7 Å². The molecule has 6 heteroatoms. The van der Waals surface area contributed by atoms with Gasteiger partial charge in [-0.2, -0.15) is 5.01 Å². The number of carbonyl (C=O) groups is 1. The van der Waals surface area contributed by atoms with E-state index in [4.69, 9.17) is 9.15 Å². The number of amides is 1. The molecule has 2 aromatic rings. The third-order valence-corrected chi connectivity index (χ3v) is 3.32. The maximum absolute atomic E-state index is 11.7. The molecule has 20 heavy (non-hydrogen) atoms. The summed E-state index contributed by atoms with van der Waals surface area (Å²) in [5.41, 5.74) is 0.791. The molecule has 102 valence electrons. The van der Waals surface area contributed by atoms with Crippen LogP contribution in [0, 0.1) is 0 Å². The van der Waals surface area contributed by atoms with E-state index in [0.29, 0.717) is 11.7 Å². The molecule has 1 aromatic carbocycles. The van der Waals surface area contributed by atoms with Crippen LogP contribution in [-0.2, 0) is 9.53 Å². The molecule has 1 amide bonds. The van der Waals surface area contributed by atoms with E-state index < -0.39 is 6.23 Å². The standard InChI is InChI=1S/C14H11BrN2O3/c1-9(18)17-14(12-6-3-7-19-12)20-13(16-17)10-4-2-5-11(15)8-10/h2-8,14H,1H3/t14-/m0/s1. The fraction of sp³-hybridized carbons (Fsp3) is 0.143. The van der Waals surface area contributed by atoms with Crippen LogP contribution < -0.4 is 0 Å². The molecule has 2 heterocycles. The lowest BCUT2D eigenvalue weighted by molar-refractivity contribution is -0.136. The van der Waals surface area contributed by atoms with Gasteiger partial charge >= 0.3 is 0 Å². The number of halogens is 1. The Labute approximate surface area is 124 Å². The molecule has 0 N–H and O–H groups in total. The van der Waals surface area contributed by atoms with Crippen molar-refractivity contribution in [3.05, 3.63) is 58.5 Å². The van der Waals surface area contributed by atoms with E-state index in [1.165, 1.54) is 18.2 Å². The predicted molar refractivity (Wildman–Crippen MR) is 75.7 cm³/mol. The Morgan fingerprint density at radius 3 is 2.85 bits per heavy atom. The number of hydrogen-bond acceptors (Lipinski definition) is 4. The van der Waals surface area contributed by atoms with E-state index in [-0.39, 0.29) is 5.91 Å². The van der Waals surface area contributed by atoms with Gasteiger partial charge < -0.3 is 9.15 Å². The molecule has 5 nitrogen and oxygen atoms in total. The quantitative estimate of drug-likeness (QED) is 0.846. The molecule has 0 fully saturated rings. The summed E-state index contributed by atoms with van der Waals surface area (Å²) in [6, 6.07) is 11.0. The molecular weight excluding hydrogens is 324 g/mol. The van der Waals surface area contributed by atoms with Crippen molar-refractivity contribution in [2.75, 3.05) is 0 Å². The molecule has 1 aromatic heterocycles. The van der Waals surface area contributed by atoms with E-state index >= 15 is 0 Å². The second kappa shape index (κ2) is 5.13. The smallest absolute Gasteiger partial charge is 0.254 e. The lowest BCUT2D eigenvalue weighted by Crippen LogP contribution is -2.24. The number of rotatable bonds is 2. The van der Waals surface area contributed by atoms with Gasteiger partial charge in [-0.25, -0.2) is 0 Å². The second-order valence-electron chi connectivity index (χ2n) is 4.26. The van der Waals surface area contributed by atoms with Crippen LogP contribution in [-0.4, -0.2) is 16.8 Å². The fourth-order valence-corrected chi connectivity index (χ4v) is 2.32. The first-order valence-electron chi connectivity index (χ1n) is 5.99. The van der Waals surface area contributed by atoms with Gasteiger partial charge in [0.1, 0.15) is 0 Å². The van der Waals surface area contributed by atoms with Gasteiger partial charge in [0.2, 0.25) is 11.8 Å². The first-order chi connectivity index (χ1) is 9.65. The highest BCUT2D eigenvalue weighted by atomic mass is 79.9. The Morgan fingerprint density at radius 2 is 2.20 bits per heavy atom. The zero-order valence-corrected chi connectivity index (χ0v) is 12.2. The van der Waals surface area contributed by atoms with Gasteiger partial charge in [0.05, 0.1) is 6.26 Å². The highest BCUT2D eigenvalue weighted by Crippen LogP contribution is 2.30. The zero-order chi connectivity index (χ0) is 14.1. The minimum Gasteiger partial charge on any atom is -0.463 e. The zero-order valence-electron chi connectivity index (χ0n) is 10.6. The van der Waals surface area contributed by atoms with E-state index in [2.05, 4.69) is 21.0 Å². The van der Waals surface area contributed by atoms with Crippen LogP contribution in [0.5, 0.6) is 0 Å². The van der Waals surface area contributed by atoms with Gasteiger partial charge in [0, 0.05) is 17.0 Å². The van der Waals surface area contributed by atoms with E-state index in [1.54, 1.807) is 12.1 Å². The van der Waals surface area contributed by atoms with Crippen molar-refractivity contribution in [1.82, 2.24) is 5.01 Å². The molecule has 0 radical (unpaired) electrons. The lowest BCUT2D eigenvalue weighted by atomic mass is 10.2. The summed E-state index contributed by atoms with van der Waals surface area (Å²) in [6.07, 6.45) is 0.880. The summed E-state index contributed by atoms with van der Waals surface area (Å²) in [5, 5.41) is 5.51. The molecule has 0 bridgehead atoms. The molecule has 0 spiro atoms. The molecule has 1 aliphatic heterocycles. The molecule has 0 saturated carbocycles. The first-order valence-corrected chi connectivity index (χ1v) is 6.79. The van der Waals surface area contributed by atoms with Crippen LogP contribution in [0.2, 0.25) is 0 Å². The summed E-state index contributed by atoms with van der Waals surface area (Å²) in [5.74, 6) is 0.716. The van der Waals surface area contributed by atoms with Gasteiger partial charge in [-0.05, 0) is 30.3 Å². The maximum Gasteiger partial charge on any atom is 0.254 e. The summed E-state index contributed by atoms with van der Waals surface area (Å²) < 4.78 is 12.0. The van der Waals surface area contributed by atoms with Crippen molar-refractivity contribution in [2.24, 2.45) is 5.10 Å². The van der Waals surface area contributed by atoms with E-state index in [0.717, 1.165) is 10.0 Å². The first kappa shape index (κ1) is 12.9. The minimum absolute atomic E-state index is 0.212. The number of hydrogen-bond donors (Lipinski definition) is 0. The highest BCUT2D eigenvalue weighted by Gasteiger charge is 2.34. The molecule has 0 saturated heterocycles. The number of nitrogens with zero attached hydrogens (tertiary/aromatic N) is 2. The second-order valence-corrected chi connectivity index (χ2v) is 5.18. The van der Waals surface area contributed by atoms with Crippen molar-refractivity contribution in [3.8, 4) is 0 Å². The van der Waals surface area contributed by atoms with Crippen LogP contribution in [0.25, 0.3) is 0 Å². The van der Waals surface area contributed by atoms with Crippen LogP contribution in [0.3, 0.4) is 0 Å². The summed E-state index contributed by atoms with van der Waals surface area (Å²) in [6.45, 7) is 1.44. The SMILES string of the molecule is CC(=O)N1N=C(c2cccc(Br)c2)O[C@H]1c1ccco1. The normalized spacial score (nSPS) is 17.8. The predicted octanol–water partition coefficient (Wildman–Crippen LogP) is 3.28. The molecular formula is C14H11BrN2O3. The Balaban J connectivity index is 1.95. The Kier molecular flexibility index (Phi) is 3.31. The number of hydrazone groups is 1. The average Bonchev–Trinajstić information content (AvgIpc) is 3.08. The van der Waals surface area contributed by atoms with Crippen LogP contribution in [0.15, 0.2) is 56.7 Å².